The number of rotatable bonds is 14. The number of piperazine rings is 2. The van der Waals surface area contributed by atoms with Gasteiger partial charge in [0, 0.05) is 76.2 Å². The summed E-state index contributed by atoms with van der Waals surface area (Å²) in [6.07, 6.45) is 4.05. The number of phenolic OH excluding ortho intramolecular Hbond substituents is 1. The second kappa shape index (κ2) is 26.5. The zero-order valence-electron chi connectivity index (χ0n) is 52.3. The number of aryl methyl sites for hydroxylation is 2. The van der Waals surface area contributed by atoms with Crippen LogP contribution in [0.25, 0.3) is 0 Å². The van der Waals surface area contributed by atoms with Crippen molar-refractivity contribution in [1.82, 2.24) is 30.2 Å². The summed E-state index contributed by atoms with van der Waals surface area (Å²) in [4.78, 5) is 34.7. The number of alkyl carbamates (subject to hydrolysis) is 2. The molecule has 8 aliphatic rings. The first-order valence-electron chi connectivity index (χ1n) is 30.0. The van der Waals surface area contributed by atoms with E-state index in [1.807, 2.05) is 33.9 Å². The summed E-state index contributed by atoms with van der Waals surface area (Å²) in [6, 6.07) is 5.97. The van der Waals surface area contributed by atoms with E-state index in [4.69, 9.17) is 117 Å². The Kier molecular flexibility index (Phi) is 19.3. The number of hydrogen-bond donors (Lipinski definition) is 3. The predicted octanol–water partition coefficient (Wildman–Crippen LogP) is 11.0. The van der Waals surface area contributed by atoms with E-state index in [0.717, 1.165) is 66.9 Å². The highest BCUT2D eigenvalue weighted by atomic mass is 35.6. The van der Waals surface area contributed by atoms with Crippen LogP contribution in [0.1, 0.15) is 96.5 Å². The van der Waals surface area contributed by atoms with Gasteiger partial charge in [0.1, 0.15) is 55.8 Å². The van der Waals surface area contributed by atoms with Crippen molar-refractivity contribution in [3.8, 4) is 63.9 Å². The van der Waals surface area contributed by atoms with Gasteiger partial charge in [-0.05, 0) is 108 Å². The second-order valence-electron chi connectivity index (χ2n) is 24.1. The SMILES string of the molecule is C=CCOc1c(C)c2c(c3c1CC1C4c5c(cc(C)c(OC)c5C)C[C@@H]([C@H](C#N)N1[C@H]3CNC(=O)OCC(Cl)(Cl)Cl)N4C)OCO2.C=CCOc1c(C)c2c(c3c1CC1C4c5c(cc(C)c(OC)c5O)C[C@@H]([C@H](C#N)N1[C@H]3CNC(=O)OCC(Cl)(Cl)Cl)N4C)OCO2. The van der Waals surface area contributed by atoms with Crippen molar-refractivity contribution in [1.29, 1.82) is 10.5 Å². The van der Waals surface area contributed by atoms with E-state index < -0.39 is 57.2 Å². The van der Waals surface area contributed by atoms with Crippen LogP contribution in [0.15, 0.2) is 37.4 Å². The summed E-state index contributed by atoms with van der Waals surface area (Å²) >= 11 is 34.9. The van der Waals surface area contributed by atoms with Crippen molar-refractivity contribution in [2.24, 2.45) is 0 Å². The number of aromatic hydroxyl groups is 1. The first-order valence-corrected chi connectivity index (χ1v) is 32.3. The first kappa shape index (κ1) is 67.1. The van der Waals surface area contributed by atoms with E-state index in [-0.39, 0.29) is 81.9 Å². The standard InChI is InChI=1S/C33H37Cl3N4O6.C32H35Cl3N4O7/c1-7-8-43-29-18(4)30-31(46-15-45-30)26-20(29)11-22-27-25-17(3)28(42-6)16(2)9-19(25)10-21(39(27)5)23(12-37)40(22)24(26)13-38-32(41)44-14-33(34,35)36;1-6-7-43-28-16(3)29-30(46-14-45-29)24-18(28)10-20-25-23-17(8-15(2)27(42-5)26(23)40)9-19(38(25)4)21(11-36)39(20)22(24)12-37-31(41)44-13-32(33,34)35/h7,9,21-24,27H,1,8,10-11,13-15H2,2-6H3,(H,38,41);6,8,19-22,25,40H,1,7,9-10,12-14H2,2-5H3,(H,37,41)/t21-,22?,23-,24-,27?;19-,20?,21-,22-,25?/m00/s1. The van der Waals surface area contributed by atoms with Crippen LogP contribution in [-0.2, 0) is 35.2 Å². The quantitative estimate of drug-likeness (QED) is 0.0787. The molecule has 0 saturated carbocycles. The predicted molar refractivity (Wildman–Crippen MR) is 346 cm³/mol. The zero-order chi connectivity index (χ0) is 66.2. The molecule has 27 heteroatoms. The van der Waals surface area contributed by atoms with Crippen molar-refractivity contribution >= 4 is 81.8 Å². The molecule has 4 unspecified atom stereocenters. The summed E-state index contributed by atoms with van der Waals surface area (Å²) in [5.41, 5.74) is 12.1. The molecule has 21 nitrogen and oxygen atoms in total. The highest BCUT2D eigenvalue weighted by molar-refractivity contribution is 6.68. The minimum Gasteiger partial charge on any atom is -0.504 e. The van der Waals surface area contributed by atoms with Crippen LogP contribution >= 0.6 is 69.6 Å². The average Bonchev–Trinajstić information content (AvgIpc) is 0.869. The Balaban J connectivity index is 0.000000188. The molecule has 2 saturated heterocycles. The van der Waals surface area contributed by atoms with Gasteiger partial charge in [-0.15, -0.1) is 0 Å². The molecule has 0 aliphatic carbocycles. The molecule has 4 aromatic carbocycles. The molecule has 0 aromatic heterocycles. The van der Waals surface area contributed by atoms with Gasteiger partial charge in [0.25, 0.3) is 0 Å². The number of amides is 2. The lowest BCUT2D eigenvalue weighted by Gasteiger charge is -2.60. The van der Waals surface area contributed by atoms with E-state index in [0.29, 0.717) is 65.9 Å². The summed E-state index contributed by atoms with van der Waals surface area (Å²) in [7, 11) is 7.33. The van der Waals surface area contributed by atoms with Crippen LogP contribution in [0.3, 0.4) is 0 Å². The zero-order valence-corrected chi connectivity index (χ0v) is 56.8. The smallest absolute Gasteiger partial charge is 0.407 e. The fraction of sp³-hybridized carbons (Fsp3) is 0.508. The van der Waals surface area contributed by atoms with Crippen molar-refractivity contribution in [3.05, 3.63) is 110 Å². The Bertz CT molecular complexity index is 3480. The second-order valence-corrected chi connectivity index (χ2v) is 29.2. The fourth-order valence-corrected chi connectivity index (χ4v) is 16.2. The number of phenols is 1. The number of carbonyl (C=O) groups excluding carboxylic acids is 2. The fourth-order valence-electron chi connectivity index (χ4n) is 15.8. The number of alkyl halides is 6. The van der Waals surface area contributed by atoms with Crippen LogP contribution in [-0.4, -0.2) is 162 Å². The maximum Gasteiger partial charge on any atom is 0.407 e. The molecule has 492 valence electrons. The number of benzene rings is 4. The van der Waals surface area contributed by atoms with Crippen molar-refractivity contribution in [3.63, 3.8) is 0 Å². The normalized spacial score (nSPS) is 24.6. The van der Waals surface area contributed by atoms with Crippen LogP contribution < -0.4 is 48.5 Å². The topological polar surface area (TPSA) is 231 Å². The molecule has 8 aliphatic heterocycles. The van der Waals surface area contributed by atoms with E-state index in [1.54, 1.807) is 19.3 Å². The monoisotopic (exact) mass is 1380 g/mol. The van der Waals surface area contributed by atoms with Crippen LogP contribution in [0.2, 0.25) is 0 Å². The van der Waals surface area contributed by atoms with E-state index >= 15 is 0 Å². The van der Waals surface area contributed by atoms with Gasteiger partial charge in [-0.2, -0.15) is 10.5 Å². The molecule has 4 bridgehead atoms. The van der Waals surface area contributed by atoms with E-state index in [9.17, 15) is 25.2 Å². The van der Waals surface area contributed by atoms with E-state index in [2.05, 4.69) is 82.5 Å². The number of methoxy groups -OCH3 is 2. The maximum absolute atomic E-state index is 12.9. The first-order chi connectivity index (χ1) is 43.8. The van der Waals surface area contributed by atoms with Gasteiger partial charge in [0.05, 0.1) is 50.5 Å². The van der Waals surface area contributed by atoms with Gasteiger partial charge in [-0.3, -0.25) is 19.6 Å². The highest BCUT2D eigenvalue weighted by Crippen LogP contribution is 2.61. The molecule has 3 N–H and O–H groups in total. The van der Waals surface area contributed by atoms with Gasteiger partial charge in [-0.25, -0.2) is 9.59 Å². The van der Waals surface area contributed by atoms with Gasteiger partial charge in [0.2, 0.25) is 21.2 Å². The number of halogens is 6. The van der Waals surface area contributed by atoms with Gasteiger partial charge < -0.3 is 63.1 Å². The Morgan fingerprint density at radius 2 is 1.01 bits per heavy atom. The van der Waals surface area contributed by atoms with Crippen molar-refractivity contribution in [2.45, 2.75) is 128 Å². The third-order valence-corrected chi connectivity index (χ3v) is 19.8. The van der Waals surface area contributed by atoms with Crippen LogP contribution in [0.4, 0.5) is 9.59 Å². The number of hydrogen-bond acceptors (Lipinski definition) is 19. The third kappa shape index (κ3) is 11.8. The molecule has 92 heavy (non-hydrogen) atoms. The third-order valence-electron chi connectivity index (χ3n) is 19.1. The molecule has 2 fully saturated rings. The minimum absolute atomic E-state index is 0.0124. The lowest BCUT2D eigenvalue weighted by molar-refractivity contribution is -0.0723. The Hall–Kier alpha value is -6.34. The number of likely N-dealkylation sites (N-methyl/N-ethyl adjacent to an activating group) is 2. The summed E-state index contributed by atoms with van der Waals surface area (Å²) in [5.74, 6) is 4.95. The van der Waals surface area contributed by atoms with Crippen molar-refractivity contribution < 1.29 is 62.1 Å². The van der Waals surface area contributed by atoms with Gasteiger partial charge in [0.15, 0.2) is 34.5 Å². The molecule has 0 spiro atoms. The number of fused-ring (bicyclic) bond motifs is 18. The molecular weight excluding hydrogens is 1310 g/mol. The Labute approximate surface area is 564 Å². The van der Waals surface area contributed by atoms with Gasteiger partial charge >= 0.3 is 12.2 Å². The minimum atomic E-state index is -1.78. The molecule has 4 aromatic rings. The lowest BCUT2D eigenvalue weighted by Crippen LogP contribution is -2.69. The van der Waals surface area contributed by atoms with E-state index in [1.165, 1.54) is 18.2 Å². The molecule has 0 radical (unpaired) electrons. The molecular formula is C65H72Cl6N8O13. The van der Waals surface area contributed by atoms with Crippen LogP contribution in [0.5, 0.6) is 51.7 Å². The summed E-state index contributed by atoms with van der Waals surface area (Å²) in [6.45, 7) is 17.4. The number of nitrogens with zero attached hydrogens (tertiary/aromatic N) is 6. The number of ether oxygens (including phenoxy) is 10. The van der Waals surface area contributed by atoms with Gasteiger partial charge in [-0.1, -0.05) is 107 Å². The molecule has 2 amide bonds. The molecule has 12 rings (SSSR count). The lowest BCUT2D eigenvalue weighted by atomic mass is 9.71. The van der Waals surface area contributed by atoms with Crippen molar-refractivity contribution in [2.75, 3.05) is 81.4 Å². The summed E-state index contributed by atoms with van der Waals surface area (Å²) < 4.78 is 55.1. The average molecular weight is 1390 g/mol. The van der Waals surface area contributed by atoms with Crippen LogP contribution in [0, 0.1) is 57.3 Å². The Morgan fingerprint density at radius 1 is 0.609 bits per heavy atom. The molecule has 8 heterocycles. The number of nitriles is 2. The highest BCUT2D eigenvalue weighted by Gasteiger charge is 2.59. The maximum atomic E-state index is 12.9. The largest absolute Gasteiger partial charge is 0.504 e. The summed E-state index contributed by atoms with van der Waals surface area (Å²) in [5, 5.41) is 39.0. The Morgan fingerprint density at radius 3 is 1.41 bits per heavy atom. The number of nitrogens with one attached hydrogen (secondary N) is 2. The number of carbonyl (C=O) groups is 2. The molecule has 10 atom stereocenters.